The first kappa shape index (κ1) is 12.9. The standard InChI is InChI=1S/C14H15NO5/c16-12(17)10-3-1-4-11(7-10)15-8-14(20-13(15)18)5-2-6-19-9-14/h1,3-4,7H,2,5-6,8-9H2,(H,16,17). The summed E-state index contributed by atoms with van der Waals surface area (Å²) in [6.07, 6.45) is 1.18. The highest BCUT2D eigenvalue weighted by atomic mass is 16.6. The van der Waals surface area contributed by atoms with Crippen LogP contribution in [0, 0.1) is 0 Å². The quantitative estimate of drug-likeness (QED) is 0.893. The lowest BCUT2D eigenvalue weighted by atomic mass is 9.96. The minimum absolute atomic E-state index is 0.149. The molecule has 6 heteroatoms. The minimum Gasteiger partial charge on any atom is -0.478 e. The third kappa shape index (κ3) is 2.22. The van der Waals surface area contributed by atoms with Crippen LogP contribution < -0.4 is 4.90 Å². The number of carboxylic acid groups (broad SMARTS) is 1. The van der Waals surface area contributed by atoms with Crippen molar-refractivity contribution in [3.63, 3.8) is 0 Å². The average Bonchev–Trinajstić information content (AvgIpc) is 2.76. The van der Waals surface area contributed by atoms with Crippen LogP contribution in [0.2, 0.25) is 0 Å². The Morgan fingerprint density at radius 2 is 2.25 bits per heavy atom. The second-order valence-corrected chi connectivity index (χ2v) is 5.15. The number of rotatable bonds is 2. The summed E-state index contributed by atoms with van der Waals surface area (Å²) in [7, 11) is 0. The Morgan fingerprint density at radius 1 is 1.40 bits per heavy atom. The van der Waals surface area contributed by atoms with Gasteiger partial charge in [-0.15, -0.1) is 0 Å². The van der Waals surface area contributed by atoms with E-state index in [0.717, 1.165) is 12.8 Å². The molecule has 0 aliphatic carbocycles. The zero-order chi connectivity index (χ0) is 14.2. The number of amides is 1. The van der Waals surface area contributed by atoms with Crippen molar-refractivity contribution in [1.29, 1.82) is 0 Å². The van der Waals surface area contributed by atoms with Gasteiger partial charge in [0.15, 0.2) is 5.60 Å². The van der Waals surface area contributed by atoms with E-state index >= 15 is 0 Å². The Morgan fingerprint density at radius 3 is 2.95 bits per heavy atom. The molecular formula is C14H15NO5. The summed E-state index contributed by atoms with van der Waals surface area (Å²) >= 11 is 0. The molecule has 0 radical (unpaired) electrons. The van der Waals surface area contributed by atoms with E-state index in [-0.39, 0.29) is 5.56 Å². The van der Waals surface area contributed by atoms with Gasteiger partial charge in [0.25, 0.3) is 0 Å². The fraction of sp³-hybridized carbons (Fsp3) is 0.429. The SMILES string of the molecule is O=C(O)c1cccc(N2CC3(CCCOC3)OC2=O)c1. The fourth-order valence-electron chi connectivity index (χ4n) is 2.66. The normalized spacial score (nSPS) is 25.8. The lowest BCUT2D eigenvalue weighted by Gasteiger charge is -2.30. The van der Waals surface area contributed by atoms with E-state index < -0.39 is 17.7 Å². The van der Waals surface area contributed by atoms with Crippen LogP contribution in [0.4, 0.5) is 10.5 Å². The molecule has 1 atom stereocenters. The molecule has 1 amide bonds. The molecule has 2 aliphatic heterocycles. The number of hydrogen-bond donors (Lipinski definition) is 1. The van der Waals surface area contributed by atoms with Gasteiger partial charge in [-0.25, -0.2) is 9.59 Å². The summed E-state index contributed by atoms with van der Waals surface area (Å²) in [5.41, 5.74) is 0.0997. The maximum absolute atomic E-state index is 12.0. The summed E-state index contributed by atoms with van der Waals surface area (Å²) in [5, 5.41) is 9.01. The molecular weight excluding hydrogens is 262 g/mol. The Bertz CT molecular complexity index is 550. The zero-order valence-electron chi connectivity index (χ0n) is 10.9. The Hall–Kier alpha value is -2.08. The number of ether oxygens (including phenoxy) is 2. The minimum atomic E-state index is -1.02. The lowest BCUT2D eigenvalue weighted by molar-refractivity contribution is -0.0643. The van der Waals surface area contributed by atoms with Crippen LogP contribution in [-0.4, -0.2) is 42.5 Å². The molecule has 2 heterocycles. The predicted octanol–water partition coefficient (Wildman–Crippen LogP) is 1.89. The van der Waals surface area contributed by atoms with E-state index in [1.54, 1.807) is 12.1 Å². The zero-order valence-corrected chi connectivity index (χ0v) is 10.9. The Balaban J connectivity index is 1.85. The van der Waals surface area contributed by atoms with Crippen molar-refractivity contribution in [1.82, 2.24) is 0 Å². The van der Waals surface area contributed by atoms with E-state index in [1.165, 1.54) is 17.0 Å². The van der Waals surface area contributed by atoms with E-state index in [1.807, 2.05) is 0 Å². The molecule has 1 spiro atoms. The molecule has 0 bridgehead atoms. The molecule has 3 rings (SSSR count). The summed E-state index contributed by atoms with van der Waals surface area (Å²) in [6, 6.07) is 6.30. The van der Waals surface area contributed by atoms with Gasteiger partial charge in [0.05, 0.1) is 18.7 Å². The topological polar surface area (TPSA) is 76.1 Å². The van der Waals surface area contributed by atoms with Crippen LogP contribution in [0.5, 0.6) is 0 Å². The van der Waals surface area contributed by atoms with Gasteiger partial charge in [-0.3, -0.25) is 4.90 Å². The number of nitrogens with zero attached hydrogens (tertiary/aromatic N) is 1. The van der Waals surface area contributed by atoms with Crippen molar-refractivity contribution < 1.29 is 24.2 Å². The number of carbonyl (C=O) groups is 2. The van der Waals surface area contributed by atoms with Gasteiger partial charge >= 0.3 is 12.1 Å². The van der Waals surface area contributed by atoms with Crippen molar-refractivity contribution in [3.8, 4) is 0 Å². The first-order valence-electron chi connectivity index (χ1n) is 6.51. The number of benzene rings is 1. The van der Waals surface area contributed by atoms with Crippen LogP contribution in [0.25, 0.3) is 0 Å². The van der Waals surface area contributed by atoms with Crippen molar-refractivity contribution in [2.45, 2.75) is 18.4 Å². The van der Waals surface area contributed by atoms with Crippen LogP contribution in [0.15, 0.2) is 24.3 Å². The molecule has 1 aromatic carbocycles. The molecule has 0 aromatic heterocycles. The molecule has 6 nitrogen and oxygen atoms in total. The summed E-state index contributed by atoms with van der Waals surface area (Å²) in [4.78, 5) is 24.5. The second kappa shape index (κ2) is 4.79. The molecule has 20 heavy (non-hydrogen) atoms. The van der Waals surface area contributed by atoms with Crippen molar-refractivity contribution in [3.05, 3.63) is 29.8 Å². The van der Waals surface area contributed by atoms with E-state index in [2.05, 4.69) is 0 Å². The summed E-state index contributed by atoms with van der Waals surface area (Å²) in [5.74, 6) is -1.02. The Labute approximate surface area is 115 Å². The number of carbonyl (C=O) groups excluding carboxylic acids is 1. The van der Waals surface area contributed by atoms with Crippen LogP contribution in [0.3, 0.4) is 0 Å². The summed E-state index contributed by atoms with van der Waals surface area (Å²) < 4.78 is 10.9. The van der Waals surface area contributed by atoms with Gasteiger partial charge in [0, 0.05) is 12.3 Å². The Kier molecular flexibility index (Phi) is 3.10. The number of carboxylic acids is 1. The van der Waals surface area contributed by atoms with Crippen molar-refractivity contribution in [2.75, 3.05) is 24.7 Å². The molecule has 1 aromatic rings. The molecule has 0 saturated carbocycles. The third-order valence-corrected chi connectivity index (χ3v) is 3.66. The maximum atomic E-state index is 12.0. The van der Waals surface area contributed by atoms with Gasteiger partial charge in [-0.2, -0.15) is 0 Å². The van der Waals surface area contributed by atoms with Crippen LogP contribution >= 0.6 is 0 Å². The number of aromatic carboxylic acids is 1. The largest absolute Gasteiger partial charge is 0.478 e. The molecule has 2 aliphatic rings. The van der Waals surface area contributed by atoms with Gasteiger partial charge in [-0.1, -0.05) is 6.07 Å². The maximum Gasteiger partial charge on any atom is 0.415 e. The van der Waals surface area contributed by atoms with Gasteiger partial charge in [0.1, 0.15) is 0 Å². The average molecular weight is 277 g/mol. The van der Waals surface area contributed by atoms with Gasteiger partial charge in [0.2, 0.25) is 0 Å². The highest BCUT2D eigenvalue weighted by Gasteiger charge is 2.47. The van der Waals surface area contributed by atoms with E-state index in [0.29, 0.717) is 25.4 Å². The van der Waals surface area contributed by atoms with E-state index in [4.69, 9.17) is 14.6 Å². The van der Waals surface area contributed by atoms with Gasteiger partial charge in [-0.05, 0) is 31.0 Å². The smallest absolute Gasteiger partial charge is 0.415 e. The number of anilines is 1. The summed E-state index contributed by atoms with van der Waals surface area (Å²) in [6.45, 7) is 1.48. The second-order valence-electron chi connectivity index (χ2n) is 5.15. The number of hydrogen-bond acceptors (Lipinski definition) is 4. The van der Waals surface area contributed by atoms with Crippen LogP contribution in [-0.2, 0) is 9.47 Å². The monoisotopic (exact) mass is 277 g/mol. The molecule has 1 unspecified atom stereocenters. The first-order chi connectivity index (χ1) is 9.60. The van der Waals surface area contributed by atoms with E-state index in [9.17, 15) is 9.59 Å². The highest BCUT2D eigenvalue weighted by molar-refractivity contribution is 5.94. The van der Waals surface area contributed by atoms with Crippen molar-refractivity contribution >= 4 is 17.7 Å². The van der Waals surface area contributed by atoms with Crippen molar-refractivity contribution in [2.24, 2.45) is 0 Å². The highest BCUT2D eigenvalue weighted by Crippen LogP contribution is 2.34. The van der Waals surface area contributed by atoms with Gasteiger partial charge < -0.3 is 14.6 Å². The molecule has 1 N–H and O–H groups in total. The fourth-order valence-corrected chi connectivity index (χ4v) is 2.66. The molecule has 2 saturated heterocycles. The first-order valence-corrected chi connectivity index (χ1v) is 6.51. The lowest BCUT2D eigenvalue weighted by Crippen LogP contribution is -2.42. The van der Waals surface area contributed by atoms with Crippen LogP contribution in [0.1, 0.15) is 23.2 Å². The molecule has 106 valence electrons. The molecule has 2 fully saturated rings. The predicted molar refractivity (Wildman–Crippen MR) is 70.0 cm³/mol. The third-order valence-electron chi connectivity index (χ3n) is 3.66.